The minimum atomic E-state index is -6.38. The van der Waals surface area contributed by atoms with Crippen LogP contribution in [0.15, 0.2) is 0 Å². The minimum Gasteiger partial charge on any atom is -0.726 e. The molecule has 74 heteroatoms. The second kappa shape index (κ2) is 60.2. The predicted molar refractivity (Wildman–Crippen MR) is 363 cm³/mol. The second-order valence-electron chi connectivity index (χ2n) is 29.0. The van der Waals surface area contributed by atoms with Gasteiger partial charge in [-0.2, -0.15) is 0 Å². The molecule has 0 bridgehead atoms. The summed E-state index contributed by atoms with van der Waals surface area (Å²) in [6.45, 7) is -3.04. The van der Waals surface area contributed by atoms with Gasteiger partial charge in [0, 0.05) is 34.3 Å². The Labute approximate surface area is 942 Å². The SMILES string of the molecule is CC(=O)N[C@H]1[C@@H](O[C@@H]2C(C(=O)[O-])O[C@@H](OCCCCCN)[C@H](OS(=O)(=O)[O-])[C@H]2O)O[C@H](CO)[C@@H](O[C@@H]2O[C@@H](C(=O)[O-])[C@@H](O[C@H]3O[C@H](CO)[C@@H](O[C@@H]4OC(C(=O)[O-])[C@@H](O[C@H]5O[C@H](CO)[C@@H](O[C@@H]6O[C@@H](C(=O)[O-])[C@@H](O[C@H]7O[C@H](CO)[C@@H](O)[C@H](O)[C@H]7NC(C)=O)[C@H](O)[C@H]6OS(=O)(=O)[O-])[C@H](O)[C@H]5NC(C)=O)[C@H](O)[C@H]4OS(=O)(=O)[O-])[C@H](O)[C@H]3NC(C)=O)[C@H](O)[C@H]2OS(=O)(=O)[O-])[C@@H]1O.[Na+].[Na+].[Na+].[Na+].[Na+].[Na+].[Na+].[Na+]. The van der Waals surface area contributed by atoms with Crippen molar-refractivity contribution < 1.29 is 506 Å². The smallest absolute Gasteiger partial charge is 0.726 e. The summed E-state index contributed by atoms with van der Waals surface area (Å²) in [4.78, 5) is 103. The van der Waals surface area contributed by atoms with Crippen LogP contribution in [0.5, 0.6) is 0 Å². The summed E-state index contributed by atoms with van der Waals surface area (Å²) in [5.41, 5.74) is 5.47. The van der Waals surface area contributed by atoms with Gasteiger partial charge < -0.3 is 227 Å². The molecule has 0 spiro atoms. The maximum Gasteiger partial charge on any atom is 1.00 e. The first-order valence-electron chi connectivity index (χ1n) is 37.3. The zero-order valence-electron chi connectivity index (χ0n) is 73.4. The first-order valence-corrected chi connectivity index (χ1v) is 42.6. The molecule has 0 radical (unpaired) electrons. The van der Waals surface area contributed by atoms with Crippen molar-refractivity contribution in [2.75, 3.05) is 39.6 Å². The average Bonchev–Trinajstić information content (AvgIpc) is 0.997. The molecule has 0 aliphatic carbocycles. The van der Waals surface area contributed by atoms with Crippen molar-refractivity contribution in [1.82, 2.24) is 21.3 Å². The predicted octanol–water partition coefficient (Wildman–Crippen LogP) is -47.7. The number of rotatable bonds is 40. The monoisotopic (exact) mass is 2120 g/mol. The fourth-order valence-electron chi connectivity index (χ4n) is 14.6. The minimum absolute atomic E-state index is 0. The van der Waals surface area contributed by atoms with Gasteiger partial charge in [0.1, 0.15) is 171 Å². The number of carbonyl (C=O) groups is 8. The Balaban J connectivity index is 0.0000224. The third kappa shape index (κ3) is 37.0. The van der Waals surface area contributed by atoms with E-state index >= 15 is 0 Å². The molecule has 8 fully saturated rings. The molecule has 40 atom stereocenters. The summed E-state index contributed by atoms with van der Waals surface area (Å²) in [5, 5.41) is 207. The molecule has 8 heterocycles. The van der Waals surface area contributed by atoms with Crippen molar-refractivity contribution in [3.05, 3.63) is 0 Å². The zero-order valence-corrected chi connectivity index (χ0v) is 92.7. The quantitative estimate of drug-likeness (QED) is 0.0117. The Morgan fingerprint density at radius 1 is 0.289 bits per heavy atom. The van der Waals surface area contributed by atoms with Crippen LogP contribution in [0.2, 0.25) is 0 Å². The average molecular weight is 2120 g/mol. The summed E-state index contributed by atoms with van der Waals surface area (Å²) >= 11 is 0. The molecule has 4 amide bonds. The molecule has 19 N–H and O–H groups in total. The number of hydrogen-bond acceptors (Lipinski definition) is 58. The molecule has 135 heavy (non-hydrogen) atoms. The Morgan fingerprint density at radius 3 is 0.719 bits per heavy atom. The molecule has 62 nitrogen and oxygen atoms in total. The standard InChI is InChI=1S/C61H97N5O57S4.8Na/c1-14(71)63-22-27(76)26(75)18(10-67)105-54(22)112-39-32(81)43(121-125(95,96)97)59(117-47(39)51(86)87)109-36-20(12-69)107-56(24(29(36)78)65-16(3)73)114-41-34(83)45(123-127(101,102)103)61(119-49(41)53(90)91)111-37-21(13-70)108-57(25(30(37)79)66-17(4)74)115-40-33(82)44(122-126(98,99)100)60(118-48(40)52(88)89)110-35-19(11-68)106-55(23(28(35)77)64-15(2)72)113-38-31(80)42(120-124(92,93)94)58(116-46(38)50(84)85)104-9-7-5-6-8-62;;;;;;;;/h18-49,54-61,67-70,75-83H,5-13,62H2,1-4H3,(H,63,71)(H,64,72)(H,65,73)(H,66,74)(H,84,85)(H,86,87)(H,88,89)(H,90,91)(H,92,93,94)(H,95,96,97)(H,98,99,100)(H,101,102,103);;;;;;;;/q;8*+1/p-8/t18-,19-,20-,21-,22-,23-,24-,25-,26-,27-,28-,29-,30-,31+,32+,33+,34+,35-,36-,37-,38+,39+,40+,41+,42-,43-,44-,45-,46?,47-,48-,49?,54-,55-,56-,57-,58-,59-,60-,61-;;;;;;;;/m1......../s1. The van der Waals surface area contributed by atoms with Gasteiger partial charge in [-0.1, -0.05) is 0 Å². The number of amides is 4. The number of carboxylic acid groups (broad SMARTS) is 4. The largest absolute Gasteiger partial charge is 1.00 e. The normalized spacial score (nSPS) is 38.8. The van der Waals surface area contributed by atoms with E-state index in [0.29, 0.717) is 26.7 Å². The number of nitrogens with one attached hydrogen (secondary N) is 4. The van der Waals surface area contributed by atoms with E-state index in [0.717, 1.165) is 13.8 Å². The molecule has 2 unspecified atom stereocenters. The van der Waals surface area contributed by atoms with Crippen molar-refractivity contribution >= 4 is 89.1 Å². The maximum atomic E-state index is 13.2. The van der Waals surface area contributed by atoms with Crippen molar-refractivity contribution in [2.45, 2.75) is 292 Å². The topological polar surface area (TPSA) is 979 Å². The summed E-state index contributed by atoms with van der Waals surface area (Å²) < 4.78 is 254. The number of nitrogens with two attached hydrogens (primary N) is 1. The third-order valence-electron chi connectivity index (χ3n) is 20.0. The molecule has 0 aromatic heterocycles. The number of hydrogen-bond donors (Lipinski definition) is 18. The molecule has 732 valence electrons. The van der Waals surface area contributed by atoms with Gasteiger partial charge in [0.25, 0.3) is 0 Å². The van der Waals surface area contributed by atoms with E-state index in [2.05, 4.69) is 27.4 Å². The molecule has 0 aromatic carbocycles. The summed E-state index contributed by atoms with van der Waals surface area (Å²) in [7, 11) is -24.8. The van der Waals surface area contributed by atoms with Gasteiger partial charge in [0.05, 0.1) is 50.3 Å². The van der Waals surface area contributed by atoms with Gasteiger partial charge >= 0.3 is 236 Å². The Hall–Kier alpha value is 2.04. The van der Waals surface area contributed by atoms with Crippen LogP contribution in [-0.2, 0) is 172 Å². The Kier molecular flexibility index (Phi) is 61.1. The fraction of sp³-hybridized carbons (Fsp3) is 0.869. The maximum absolute atomic E-state index is 13.2. The molecule has 8 aliphatic heterocycles. The molecular weight excluding hydrogens is 2030 g/mol. The van der Waals surface area contributed by atoms with Gasteiger partial charge in [-0.3, -0.25) is 35.9 Å². The van der Waals surface area contributed by atoms with Crippen LogP contribution in [0.3, 0.4) is 0 Å². The van der Waals surface area contributed by atoms with Crippen LogP contribution in [0.25, 0.3) is 0 Å². The van der Waals surface area contributed by atoms with Gasteiger partial charge in [-0.25, -0.2) is 33.7 Å². The molecule has 8 saturated heterocycles. The summed E-state index contributed by atoms with van der Waals surface area (Å²) in [6.07, 6.45) is -95.5. The van der Waals surface area contributed by atoms with Crippen LogP contribution in [0.4, 0.5) is 0 Å². The number of aliphatic hydroxyl groups is 13. The van der Waals surface area contributed by atoms with Gasteiger partial charge in [-0.05, 0) is 25.8 Å². The fourth-order valence-corrected chi connectivity index (χ4v) is 16.5. The van der Waals surface area contributed by atoms with Gasteiger partial charge in [0.2, 0.25) is 65.2 Å². The number of carbonyl (C=O) groups excluding carboxylic acids is 8. The van der Waals surface area contributed by atoms with E-state index in [9.17, 15) is 177 Å². The van der Waals surface area contributed by atoms with E-state index in [4.69, 9.17) is 81.5 Å². The zero-order chi connectivity index (χ0) is 95.0. The van der Waals surface area contributed by atoms with Crippen LogP contribution in [0, 0.1) is 0 Å². The molecular formula is C61H89N5Na8O57S4. The van der Waals surface area contributed by atoms with Gasteiger partial charge in [0.15, 0.2) is 74.7 Å². The van der Waals surface area contributed by atoms with Crippen LogP contribution >= 0.6 is 0 Å². The summed E-state index contributed by atoms with van der Waals surface area (Å²) in [6, 6.07) is -9.17. The third-order valence-corrected chi connectivity index (χ3v) is 21.8. The van der Waals surface area contributed by atoms with Crippen LogP contribution < -0.4 is 284 Å². The number of aliphatic hydroxyl groups excluding tert-OH is 13. The first-order chi connectivity index (χ1) is 59.1. The number of unbranched alkanes of at least 4 members (excludes halogenated alkanes) is 2. The van der Waals surface area contributed by atoms with Crippen LogP contribution in [0.1, 0.15) is 47.0 Å². The summed E-state index contributed by atoms with van der Waals surface area (Å²) in [5.74, 6) is -14.6. The van der Waals surface area contributed by atoms with Crippen molar-refractivity contribution in [1.29, 1.82) is 0 Å². The molecule has 0 saturated carbocycles. The van der Waals surface area contributed by atoms with E-state index in [1.807, 2.05) is 10.6 Å². The van der Waals surface area contributed by atoms with Crippen molar-refractivity contribution in [3.63, 3.8) is 0 Å². The Morgan fingerprint density at radius 2 is 0.504 bits per heavy atom. The van der Waals surface area contributed by atoms with Crippen molar-refractivity contribution in [2.24, 2.45) is 5.73 Å². The molecule has 0 aromatic rings. The van der Waals surface area contributed by atoms with Crippen LogP contribution in [-0.4, -0.2) is 451 Å². The number of aliphatic carboxylic acids is 4. The second-order valence-corrected chi connectivity index (χ2v) is 33.0. The molecule has 8 rings (SSSR count). The number of carboxylic acids is 4. The Bertz CT molecular complexity index is 4270. The molecule has 8 aliphatic rings. The first kappa shape index (κ1) is 137. The van der Waals surface area contributed by atoms with Gasteiger partial charge in [-0.15, -0.1) is 0 Å². The van der Waals surface area contributed by atoms with E-state index in [1.165, 1.54) is 0 Å². The van der Waals surface area contributed by atoms with E-state index in [-0.39, 0.29) is 256 Å². The van der Waals surface area contributed by atoms with E-state index < -0.39 is 361 Å². The van der Waals surface area contributed by atoms with E-state index in [1.54, 1.807) is 0 Å². The van der Waals surface area contributed by atoms with Crippen molar-refractivity contribution in [3.8, 4) is 0 Å². The number of ether oxygens (including phenoxy) is 16.